The third-order valence-corrected chi connectivity index (χ3v) is 2.73. The molecule has 4 nitrogen and oxygen atoms in total. The lowest BCUT2D eigenvalue weighted by atomic mass is 10.1. The normalized spacial score (nSPS) is 10.7. The zero-order valence-electron chi connectivity index (χ0n) is 11.2. The number of hydrogen-bond acceptors (Lipinski definition) is 3. The van der Waals surface area contributed by atoms with Gasteiger partial charge in [0.05, 0.1) is 6.26 Å². The molecule has 0 atom stereocenters. The summed E-state index contributed by atoms with van der Waals surface area (Å²) in [5.74, 6) is 0.714. The molecule has 0 aliphatic carbocycles. The van der Waals surface area contributed by atoms with Crippen LogP contribution in [0.15, 0.2) is 47.3 Å². The van der Waals surface area contributed by atoms with Crippen LogP contribution in [-0.4, -0.2) is 22.3 Å². The molecule has 2 aromatic heterocycles. The van der Waals surface area contributed by atoms with Crippen LogP contribution in [0.4, 0.5) is 0 Å². The van der Waals surface area contributed by atoms with E-state index in [1.165, 1.54) is 6.26 Å². The molecule has 0 fully saturated rings. The number of rotatable bonds is 5. The number of aromatic nitrogens is 1. The minimum atomic E-state index is -0.0736. The van der Waals surface area contributed by atoms with Crippen molar-refractivity contribution in [2.24, 2.45) is 5.92 Å². The van der Waals surface area contributed by atoms with E-state index in [-0.39, 0.29) is 5.91 Å². The Morgan fingerprint density at radius 1 is 1.32 bits per heavy atom. The van der Waals surface area contributed by atoms with Crippen LogP contribution in [-0.2, 0) is 6.54 Å². The summed E-state index contributed by atoms with van der Waals surface area (Å²) in [6, 6.07) is 7.26. The molecule has 0 aromatic carbocycles. The highest BCUT2D eigenvalue weighted by Crippen LogP contribution is 2.12. The zero-order chi connectivity index (χ0) is 13.7. The molecule has 2 heterocycles. The van der Waals surface area contributed by atoms with Crippen LogP contribution in [0.3, 0.4) is 0 Å². The first-order valence-corrected chi connectivity index (χ1v) is 6.38. The molecule has 2 aromatic rings. The van der Waals surface area contributed by atoms with E-state index in [1.54, 1.807) is 29.4 Å². The number of pyridine rings is 1. The molecule has 19 heavy (non-hydrogen) atoms. The maximum absolute atomic E-state index is 12.4. The SMILES string of the molecule is CC(C)CN(Cc1ccncc1)C(=O)c1ccco1. The number of hydrogen-bond donors (Lipinski definition) is 0. The Bertz CT molecular complexity index is 506. The van der Waals surface area contributed by atoms with E-state index in [0.29, 0.717) is 24.8 Å². The highest BCUT2D eigenvalue weighted by atomic mass is 16.3. The minimum absolute atomic E-state index is 0.0736. The lowest BCUT2D eigenvalue weighted by molar-refractivity contribution is 0.0690. The molecule has 4 heteroatoms. The lowest BCUT2D eigenvalue weighted by Crippen LogP contribution is -2.33. The van der Waals surface area contributed by atoms with E-state index in [2.05, 4.69) is 18.8 Å². The van der Waals surface area contributed by atoms with Gasteiger partial charge >= 0.3 is 0 Å². The van der Waals surface area contributed by atoms with Crippen molar-refractivity contribution in [2.45, 2.75) is 20.4 Å². The van der Waals surface area contributed by atoms with Gasteiger partial charge in [-0.15, -0.1) is 0 Å². The second kappa shape index (κ2) is 6.18. The van der Waals surface area contributed by atoms with Gasteiger partial charge in [0, 0.05) is 25.5 Å². The van der Waals surface area contributed by atoms with Crippen LogP contribution in [0, 0.1) is 5.92 Å². The molecule has 0 aliphatic rings. The molecule has 1 amide bonds. The maximum atomic E-state index is 12.4. The number of carbonyl (C=O) groups is 1. The molecule has 0 N–H and O–H groups in total. The molecule has 0 radical (unpaired) electrons. The third-order valence-electron chi connectivity index (χ3n) is 2.73. The first-order chi connectivity index (χ1) is 9.16. The van der Waals surface area contributed by atoms with E-state index in [0.717, 1.165) is 5.56 Å². The molecule has 0 spiro atoms. The Hall–Kier alpha value is -2.10. The van der Waals surface area contributed by atoms with Crippen molar-refractivity contribution < 1.29 is 9.21 Å². The maximum Gasteiger partial charge on any atom is 0.289 e. The van der Waals surface area contributed by atoms with Gasteiger partial charge in [0.25, 0.3) is 5.91 Å². The topological polar surface area (TPSA) is 46.3 Å². The standard InChI is InChI=1S/C15H18N2O2/c1-12(2)10-17(11-13-5-7-16-8-6-13)15(18)14-4-3-9-19-14/h3-9,12H,10-11H2,1-2H3. The predicted octanol–water partition coefficient (Wildman–Crippen LogP) is 2.97. The van der Waals surface area contributed by atoms with E-state index in [9.17, 15) is 4.79 Å². The fourth-order valence-electron chi connectivity index (χ4n) is 1.92. The largest absolute Gasteiger partial charge is 0.459 e. The molecular formula is C15H18N2O2. The zero-order valence-corrected chi connectivity index (χ0v) is 11.2. The Labute approximate surface area is 113 Å². The summed E-state index contributed by atoms with van der Waals surface area (Å²) in [5.41, 5.74) is 1.07. The van der Waals surface area contributed by atoms with Gasteiger partial charge in [0.15, 0.2) is 5.76 Å². The molecule has 100 valence electrons. The molecule has 0 aliphatic heterocycles. The summed E-state index contributed by atoms with van der Waals surface area (Å²) in [4.78, 5) is 18.2. The lowest BCUT2D eigenvalue weighted by Gasteiger charge is -2.23. The Kier molecular flexibility index (Phi) is 4.34. The van der Waals surface area contributed by atoms with Crippen molar-refractivity contribution in [3.8, 4) is 0 Å². The minimum Gasteiger partial charge on any atom is -0.459 e. The molecule has 0 saturated carbocycles. The number of carbonyl (C=O) groups excluding carboxylic acids is 1. The summed E-state index contributed by atoms with van der Waals surface area (Å²) in [5, 5.41) is 0. The highest BCUT2D eigenvalue weighted by molar-refractivity contribution is 5.91. The van der Waals surface area contributed by atoms with Crippen molar-refractivity contribution in [1.82, 2.24) is 9.88 Å². The van der Waals surface area contributed by atoms with E-state index < -0.39 is 0 Å². The van der Waals surface area contributed by atoms with E-state index in [1.807, 2.05) is 12.1 Å². The summed E-state index contributed by atoms with van der Waals surface area (Å²) in [7, 11) is 0. The van der Waals surface area contributed by atoms with Gasteiger partial charge in [0.2, 0.25) is 0 Å². The summed E-state index contributed by atoms with van der Waals surface area (Å²) in [6.45, 7) is 5.45. The first-order valence-electron chi connectivity index (χ1n) is 6.38. The van der Waals surface area contributed by atoms with Crippen LogP contribution in [0.5, 0.6) is 0 Å². The van der Waals surface area contributed by atoms with Crippen LogP contribution in [0.25, 0.3) is 0 Å². The number of nitrogens with zero attached hydrogens (tertiary/aromatic N) is 2. The van der Waals surface area contributed by atoms with Crippen LogP contribution in [0.2, 0.25) is 0 Å². The summed E-state index contributed by atoms with van der Waals surface area (Å²) >= 11 is 0. The van der Waals surface area contributed by atoms with Crippen molar-refractivity contribution in [1.29, 1.82) is 0 Å². The van der Waals surface area contributed by atoms with Crippen LogP contribution < -0.4 is 0 Å². The smallest absolute Gasteiger partial charge is 0.289 e. The van der Waals surface area contributed by atoms with Gasteiger partial charge in [0.1, 0.15) is 0 Å². The summed E-state index contributed by atoms with van der Waals surface area (Å²) in [6.07, 6.45) is 4.99. The van der Waals surface area contributed by atoms with Gasteiger partial charge in [-0.05, 0) is 35.7 Å². The average molecular weight is 258 g/mol. The Morgan fingerprint density at radius 2 is 2.05 bits per heavy atom. The second-order valence-electron chi connectivity index (χ2n) is 4.91. The fourth-order valence-corrected chi connectivity index (χ4v) is 1.92. The van der Waals surface area contributed by atoms with Gasteiger partial charge in [-0.2, -0.15) is 0 Å². The Morgan fingerprint density at radius 3 is 2.63 bits per heavy atom. The van der Waals surface area contributed by atoms with Crippen molar-refractivity contribution in [2.75, 3.05) is 6.54 Å². The monoisotopic (exact) mass is 258 g/mol. The van der Waals surface area contributed by atoms with Crippen molar-refractivity contribution in [3.63, 3.8) is 0 Å². The quantitative estimate of drug-likeness (QED) is 0.828. The van der Waals surface area contributed by atoms with Crippen LogP contribution >= 0.6 is 0 Å². The third kappa shape index (κ3) is 3.68. The number of furan rings is 1. The Balaban J connectivity index is 2.14. The second-order valence-corrected chi connectivity index (χ2v) is 4.91. The molecule has 0 saturated heterocycles. The van der Waals surface area contributed by atoms with Crippen LogP contribution in [0.1, 0.15) is 30.0 Å². The van der Waals surface area contributed by atoms with Gasteiger partial charge in [-0.3, -0.25) is 9.78 Å². The molecular weight excluding hydrogens is 240 g/mol. The predicted molar refractivity (Wildman–Crippen MR) is 72.5 cm³/mol. The average Bonchev–Trinajstić information content (AvgIpc) is 2.91. The van der Waals surface area contributed by atoms with Gasteiger partial charge in [-0.25, -0.2) is 0 Å². The van der Waals surface area contributed by atoms with Crippen molar-refractivity contribution >= 4 is 5.91 Å². The molecule has 0 bridgehead atoms. The van der Waals surface area contributed by atoms with Gasteiger partial charge < -0.3 is 9.32 Å². The fraction of sp³-hybridized carbons (Fsp3) is 0.333. The van der Waals surface area contributed by atoms with Gasteiger partial charge in [-0.1, -0.05) is 13.8 Å². The highest BCUT2D eigenvalue weighted by Gasteiger charge is 2.19. The first kappa shape index (κ1) is 13.3. The van der Waals surface area contributed by atoms with E-state index in [4.69, 9.17) is 4.42 Å². The van der Waals surface area contributed by atoms with E-state index >= 15 is 0 Å². The summed E-state index contributed by atoms with van der Waals surface area (Å²) < 4.78 is 5.19. The molecule has 2 rings (SSSR count). The number of amides is 1. The van der Waals surface area contributed by atoms with Crippen molar-refractivity contribution in [3.05, 3.63) is 54.2 Å². The molecule has 0 unspecified atom stereocenters.